The van der Waals surface area contributed by atoms with Crippen LogP contribution >= 0.6 is 0 Å². The minimum atomic E-state index is -0.765. The lowest BCUT2D eigenvalue weighted by Gasteiger charge is -2.35. The lowest BCUT2D eigenvalue weighted by atomic mass is 9.87. The highest BCUT2D eigenvalue weighted by molar-refractivity contribution is 5.83. The molecular formula is C16H19NO4. The number of para-hydroxylation sites is 1. The van der Waals surface area contributed by atoms with Crippen LogP contribution < -0.4 is 4.74 Å². The number of aliphatic carboxylic acids is 1. The van der Waals surface area contributed by atoms with Crippen molar-refractivity contribution < 1.29 is 19.4 Å². The Morgan fingerprint density at radius 3 is 2.76 bits per heavy atom. The van der Waals surface area contributed by atoms with Gasteiger partial charge >= 0.3 is 5.97 Å². The molecule has 1 saturated heterocycles. The van der Waals surface area contributed by atoms with Crippen molar-refractivity contribution in [2.45, 2.75) is 25.9 Å². The summed E-state index contributed by atoms with van der Waals surface area (Å²) >= 11 is 0. The molecule has 1 aromatic carbocycles. The Bertz CT molecular complexity index is 546. The zero-order valence-corrected chi connectivity index (χ0v) is 12.0. The van der Waals surface area contributed by atoms with Gasteiger partial charge in [0.05, 0.1) is 5.92 Å². The normalized spacial score (nSPS) is 27.9. The summed E-state index contributed by atoms with van der Waals surface area (Å²) < 4.78 is 5.72. The second-order valence-corrected chi connectivity index (χ2v) is 5.91. The van der Waals surface area contributed by atoms with Crippen LogP contribution in [-0.2, 0) is 16.0 Å². The maximum absolute atomic E-state index is 12.5. The fraction of sp³-hybridized carbons (Fsp3) is 0.500. The number of piperidine rings is 1. The monoisotopic (exact) mass is 289 g/mol. The highest BCUT2D eigenvalue weighted by atomic mass is 16.5. The molecule has 2 aliphatic heterocycles. The van der Waals surface area contributed by atoms with Crippen LogP contribution in [0.4, 0.5) is 0 Å². The molecule has 1 fully saturated rings. The maximum atomic E-state index is 12.5. The molecule has 0 radical (unpaired) electrons. The number of hydrogen-bond acceptors (Lipinski definition) is 3. The summed E-state index contributed by atoms with van der Waals surface area (Å²) in [5.41, 5.74) is 1.06. The van der Waals surface area contributed by atoms with Gasteiger partial charge in [0.1, 0.15) is 5.75 Å². The molecule has 0 saturated carbocycles. The molecule has 0 bridgehead atoms. The number of likely N-dealkylation sites (tertiary alicyclic amines) is 1. The van der Waals surface area contributed by atoms with Crippen LogP contribution in [0.3, 0.4) is 0 Å². The number of hydrogen-bond donors (Lipinski definition) is 1. The second-order valence-electron chi connectivity index (χ2n) is 5.91. The van der Waals surface area contributed by atoms with Crippen molar-refractivity contribution in [2.24, 2.45) is 11.8 Å². The van der Waals surface area contributed by atoms with Gasteiger partial charge in [-0.05, 0) is 24.0 Å². The molecule has 3 atom stereocenters. The number of benzene rings is 1. The Morgan fingerprint density at radius 1 is 1.33 bits per heavy atom. The number of carbonyl (C=O) groups is 2. The van der Waals surface area contributed by atoms with Crippen LogP contribution in [0.2, 0.25) is 0 Å². The number of carboxylic acids is 1. The molecule has 0 aromatic heterocycles. The molecule has 112 valence electrons. The Morgan fingerprint density at radius 2 is 2.10 bits per heavy atom. The standard InChI is InChI=1S/C16H19NO4/c1-10-9-17(7-6-12(10)16(19)20)15(18)14-8-11-4-2-3-5-13(11)21-14/h2-5,10,12,14H,6-9H2,1H3,(H,19,20). The summed E-state index contributed by atoms with van der Waals surface area (Å²) in [5, 5.41) is 9.14. The van der Waals surface area contributed by atoms with E-state index < -0.39 is 12.1 Å². The van der Waals surface area contributed by atoms with Gasteiger partial charge in [0.15, 0.2) is 6.10 Å². The van der Waals surface area contributed by atoms with E-state index in [4.69, 9.17) is 9.84 Å². The highest BCUT2D eigenvalue weighted by Gasteiger charge is 2.37. The first kappa shape index (κ1) is 13.9. The van der Waals surface area contributed by atoms with Crippen LogP contribution in [0.1, 0.15) is 18.9 Å². The molecule has 21 heavy (non-hydrogen) atoms. The number of fused-ring (bicyclic) bond motifs is 1. The van der Waals surface area contributed by atoms with Gasteiger partial charge in [-0.1, -0.05) is 25.1 Å². The van der Waals surface area contributed by atoms with Gasteiger partial charge in [0, 0.05) is 19.5 Å². The van der Waals surface area contributed by atoms with Gasteiger partial charge in [-0.2, -0.15) is 0 Å². The molecule has 1 aromatic rings. The minimum absolute atomic E-state index is 0.0241. The van der Waals surface area contributed by atoms with Crippen molar-refractivity contribution in [2.75, 3.05) is 13.1 Å². The zero-order chi connectivity index (χ0) is 15.0. The number of amides is 1. The molecule has 5 heteroatoms. The Hall–Kier alpha value is -2.04. The highest BCUT2D eigenvalue weighted by Crippen LogP contribution is 2.30. The molecule has 3 rings (SSSR count). The Kier molecular flexibility index (Phi) is 3.57. The quantitative estimate of drug-likeness (QED) is 0.897. The lowest BCUT2D eigenvalue weighted by molar-refractivity contribution is -0.150. The summed E-state index contributed by atoms with van der Waals surface area (Å²) in [5.74, 6) is -0.384. The Balaban J connectivity index is 1.64. The summed E-state index contributed by atoms with van der Waals surface area (Å²) in [6.45, 7) is 2.88. The molecule has 0 spiro atoms. The predicted molar refractivity (Wildman–Crippen MR) is 76.0 cm³/mol. The zero-order valence-electron chi connectivity index (χ0n) is 12.0. The van der Waals surface area contributed by atoms with E-state index in [9.17, 15) is 9.59 Å². The topological polar surface area (TPSA) is 66.8 Å². The first-order chi connectivity index (χ1) is 10.1. The van der Waals surface area contributed by atoms with Crippen LogP contribution in [-0.4, -0.2) is 41.1 Å². The van der Waals surface area contributed by atoms with Crippen LogP contribution in [0.5, 0.6) is 5.75 Å². The van der Waals surface area contributed by atoms with Crippen molar-refractivity contribution in [1.82, 2.24) is 4.90 Å². The first-order valence-corrected chi connectivity index (χ1v) is 7.32. The SMILES string of the molecule is CC1CN(C(=O)C2Cc3ccccc3O2)CCC1C(=O)O. The van der Waals surface area contributed by atoms with Crippen LogP contribution in [0, 0.1) is 11.8 Å². The average Bonchev–Trinajstić information content (AvgIpc) is 2.89. The summed E-state index contributed by atoms with van der Waals surface area (Å²) in [6.07, 6.45) is 0.653. The largest absolute Gasteiger partial charge is 0.481 e. The fourth-order valence-corrected chi connectivity index (χ4v) is 3.24. The van der Waals surface area contributed by atoms with E-state index in [0.717, 1.165) is 11.3 Å². The lowest BCUT2D eigenvalue weighted by Crippen LogP contribution is -2.49. The molecule has 5 nitrogen and oxygen atoms in total. The van der Waals surface area contributed by atoms with E-state index in [0.29, 0.717) is 25.9 Å². The van der Waals surface area contributed by atoms with Crippen molar-refractivity contribution in [3.63, 3.8) is 0 Å². The van der Waals surface area contributed by atoms with Gasteiger partial charge in [0.25, 0.3) is 5.91 Å². The van der Waals surface area contributed by atoms with Gasteiger partial charge in [0.2, 0.25) is 0 Å². The number of carbonyl (C=O) groups excluding carboxylic acids is 1. The third-order valence-corrected chi connectivity index (χ3v) is 4.46. The molecular weight excluding hydrogens is 270 g/mol. The predicted octanol–water partition coefficient (Wildman–Crippen LogP) is 1.56. The van der Waals surface area contributed by atoms with Crippen molar-refractivity contribution in [3.8, 4) is 5.75 Å². The second kappa shape index (κ2) is 5.39. The molecule has 1 amide bonds. The summed E-state index contributed by atoms with van der Waals surface area (Å²) in [7, 11) is 0. The van der Waals surface area contributed by atoms with E-state index >= 15 is 0 Å². The summed E-state index contributed by atoms with van der Waals surface area (Å²) in [4.78, 5) is 25.4. The smallest absolute Gasteiger partial charge is 0.306 e. The molecule has 1 N–H and O–H groups in total. The first-order valence-electron chi connectivity index (χ1n) is 7.32. The third kappa shape index (κ3) is 2.60. The van der Waals surface area contributed by atoms with E-state index in [-0.39, 0.29) is 17.7 Å². The van der Waals surface area contributed by atoms with Crippen molar-refractivity contribution in [3.05, 3.63) is 29.8 Å². The van der Waals surface area contributed by atoms with Crippen molar-refractivity contribution >= 4 is 11.9 Å². The minimum Gasteiger partial charge on any atom is -0.481 e. The van der Waals surface area contributed by atoms with E-state index in [1.54, 1.807) is 4.90 Å². The number of ether oxygens (including phenoxy) is 1. The van der Waals surface area contributed by atoms with Gasteiger partial charge in [-0.15, -0.1) is 0 Å². The third-order valence-electron chi connectivity index (χ3n) is 4.46. The van der Waals surface area contributed by atoms with Crippen molar-refractivity contribution in [1.29, 1.82) is 0 Å². The number of carboxylic acid groups (broad SMARTS) is 1. The van der Waals surface area contributed by atoms with E-state index in [1.807, 2.05) is 31.2 Å². The molecule has 2 heterocycles. The molecule has 2 aliphatic rings. The molecule has 3 unspecified atom stereocenters. The van der Waals surface area contributed by atoms with Crippen LogP contribution in [0.15, 0.2) is 24.3 Å². The van der Waals surface area contributed by atoms with Gasteiger partial charge < -0.3 is 14.7 Å². The summed E-state index contributed by atoms with van der Waals surface area (Å²) in [6, 6.07) is 7.69. The van der Waals surface area contributed by atoms with E-state index in [2.05, 4.69) is 0 Å². The van der Waals surface area contributed by atoms with Gasteiger partial charge in [-0.3, -0.25) is 9.59 Å². The van der Waals surface area contributed by atoms with E-state index in [1.165, 1.54) is 0 Å². The Labute approximate surface area is 123 Å². The van der Waals surface area contributed by atoms with Crippen LogP contribution in [0.25, 0.3) is 0 Å². The average molecular weight is 289 g/mol. The number of rotatable bonds is 2. The number of nitrogens with zero attached hydrogens (tertiary/aromatic N) is 1. The molecule has 0 aliphatic carbocycles. The fourth-order valence-electron chi connectivity index (χ4n) is 3.24. The van der Waals surface area contributed by atoms with Gasteiger partial charge in [-0.25, -0.2) is 0 Å². The maximum Gasteiger partial charge on any atom is 0.306 e.